The van der Waals surface area contributed by atoms with Gasteiger partial charge in [-0.25, -0.2) is 4.98 Å². The zero-order valence-corrected chi connectivity index (χ0v) is 13.3. The van der Waals surface area contributed by atoms with Crippen LogP contribution in [0.25, 0.3) is 0 Å². The Bertz CT molecular complexity index is 461. The summed E-state index contributed by atoms with van der Waals surface area (Å²) in [5.74, 6) is 1.91. The Labute approximate surface area is 127 Å². The van der Waals surface area contributed by atoms with Gasteiger partial charge >= 0.3 is 0 Å². The molecule has 1 fully saturated rings. The van der Waals surface area contributed by atoms with Gasteiger partial charge in [0.25, 0.3) is 0 Å². The summed E-state index contributed by atoms with van der Waals surface area (Å²) in [7, 11) is 0. The van der Waals surface area contributed by atoms with Crippen LogP contribution < -0.4 is 5.32 Å². The number of carbonyl (C=O) groups excluding carboxylic acids is 1. The average molecular weight is 289 g/mol. The molecule has 0 saturated carbocycles. The number of nitrogens with zero attached hydrogens (tertiary/aromatic N) is 2. The van der Waals surface area contributed by atoms with Gasteiger partial charge in [-0.1, -0.05) is 25.8 Å². The first-order valence-corrected chi connectivity index (χ1v) is 8.20. The van der Waals surface area contributed by atoms with Crippen molar-refractivity contribution < 1.29 is 4.79 Å². The summed E-state index contributed by atoms with van der Waals surface area (Å²) in [5, 5.41) is 3.28. The molecule has 0 spiro atoms. The summed E-state index contributed by atoms with van der Waals surface area (Å²) in [6, 6.07) is 4.01. The Morgan fingerprint density at radius 3 is 3.00 bits per heavy atom. The van der Waals surface area contributed by atoms with Crippen LogP contribution in [0.4, 0.5) is 5.82 Å². The third-order valence-electron chi connectivity index (χ3n) is 4.22. The second-order valence-electron chi connectivity index (χ2n) is 5.84. The molecule has 1 unspecified atom stereocenters. The standard InChI is InChI=1S/C17H27N3O/c1-3-6-14-8-9-16(21)20(12-10-14)13-15-7-5-11-19-17(15)18-4-2/h5,7,11,14H,3-4,6,8-10,12-13H2,1-2H3,(H,18,19). The molecule has 1 saturated heterocycles. The molecule has 0 aliphatic carbocycles. The van der Waals surface area contributed by atoms with Crippen molar-refractivity contribution in [2.45, 2.75) is 52.5 Å². The van der Waals surface area contributed by atoms with Gasteiger partial charge in [-0.05, 0) is 31.7 Å². The third-order valence-corrected chi connectivity index (χ3v) is 4.22. The van der Waals surface area contributed by atoms with E-state index in [9.17, 15) is 4.79 Å². The van der Waals surface area contributed by atoms with Crippen LogP contribution in [0.2, 0.25) is 0 Å². The highest BCUT2D eigenvalue weighted by atomic mass is 16.2. The van der Waals surface area contributed by atoms with Crippen LogP contribution >= 0.6 is 0 Å². The van der Waals surface area contributed by atoms with Crippen LogP contribution in [0.1, 0.15) is 51.5 Å². The smallest absolute Gasteiger partial charge is 0.222 e. The van der Waals surface area contributed by atoms with Crippen molar-refractivity contribution in [1.82, 2.24) is 9.88 Å². The Hall–Kier alpha value is -1.58. The predicted molar refractivity (Wildman–Crippen MR) is 86.1 cm³/mol. The van der Waals surface area contributed by atoms with Gasteiger partial charge in [-0.3, -0.25) is 4.79 Å². The summed E-state index contributed by atoms with van der Waals surface area (Å²) >= 11 is 0. The van der Waals surface area contributed by atoms with Crippen molar-refractivity contribution in [3.8, 4) is 0 Å². The number of rotatable bonds is 6. The van der Waals surface area contributed by atoms with Crippen LogP contribution in [-0.2, 0) is 11.3 Å². The van der Waals surface area contributed by atoms with Crippen LogP contribution in [0.15, 0.2) is 18.3 Å². The molecule has 4 heteroatoms. The lowest BCUT2D eigenvalue weighted by molar-refractivity contribution is -0.131. The fourth-order valence-electron chi connectivity index (χ4n) is 3.06. The Morgan fingerprint density at radius 1 is 1.38 bits per heavy atom. The summed E-state index contributed by atoms with van der Waals surface area (Å²) in [4.78, 5) is 18.7. The van der Waals surface area contributed by atoms with Crippen LogP contribution in [0.3, 0.4) is 0 Å². The van der Waals surface area contributed by atoms with Gasteiger partial charge in [0.05, 0.1) is 0 Å². The monoisotopic (exact) mass is 289 g/mol. The van der Waals surface area contributed by atoms with Crippen molar-refractivity contribution in [3.63, 3.8) is 0 Å². The van der Waals surface area contributed by atoms with Crippen molar-refractivity contribution in [2.24, 2.45) is 5.92 Å². The minimum atomic E-state index is 0.292. The highest BCUT2D eigenvalue weighted by Crippen LogP contribution is 2.24. The molecule has 0 bridgehead atoms. The quantitative estimate of drug-likeness (QED) is 0.872. The number of aromatic nitrogens is 1. The van der Waals surface area contributed by atoms with E-state index >= 15 is 0 Å². The third kappa shape index (κ3) is 4.45. The fourth-order valence-corrected chi connectivity index (χ4v) is 3.06. The van der Waals surface area contributed by atoms with Gasteiger partial charge in [-0.2, -0.15) is 0 Å². The lowest BCUT2D eigenvalue weighted by atomic mass is 9.96. The van der Waals surface area contributed by atoms with E-state index in [1.165, 1.54) is 12.8 Å². The molecular formula is C17H27N3O. The van der Waals surface area contributed by atoms with E-state index in [-0.39, 0.29) is 0 Å². The first-order valence-electron chi connectivity index (χ1n) is 8.20. The molecule has 0 radical (unpaired) electrons. The topological polar surface area (TPSA) is 45.2 Å². The fraction of sp³-hybridized carbons (Fsp3) is 0.647. The predicted octanol–water partition coefficient (Wildman–Crippen LogP) is 3.44. The summed E-state index contributed by atoms with van der Waals surface area (Å²) in [6.45, 7) is 6.68. The Balaban J connectivity index is 2.03. The van der Waals surface area contributed by atoms with E-state index in [1.54, 1.807) is 6.20 Å². The molecule has 1 aromatic rings. The lowest BCUT2D eigenvalue weighted by Gasteiger charge is -2.22. The Morgan fingerprint density at radius 2 is 2.24 bits per heavy atom. The van der Waals surface area contributed by atoms with Crippen LogP contribution in [0, 0.1) is 5.92 Å². The molecule has 2 rings (SSSR count). The number of anilines is 1. The van der Waals surface area contributed by atoms with Gasteiger partial charge in [0, 0.05) is 37.8 Å². The van der Waals surface area contributed by atoms with Crippen molar-refractivity contribution in [1.29, 1.82) is 0 Å². The number of amides is 1. The van der Waals surface area contributed by atoms with E-state index in [2.05, 4.69) is 30.2 Å². The SMILES string of the molecule is CCCC1CCC(=O)N(Cc2cccnc2NCC)CC1. The van der Waals surface area contributed by atoms with Gasteiger partial charge in [-0.15, -0.1) is 0 Å². The molecule has 0 aromatic carbocycles. The second-order valence-corrected chi connectivity index (χ2v) is 5.84. The first kappa shape index (κ1) is 15.8. The van der Waals surface area contributed by atoms with Gasteiger partial charge in [0.15, 0.2) is 0 Å². The molecular weight excluding hydrogens is 262 g/mol. The summed E-state index contributed by atoms with van der Waals surface area (Å²) in [6.07, 6.45) is 7.14. The highest BCUT2D eigenvalue weighted by Gasteiger charge is 2.22. The number of nitrogens with one attached hydrogen (secondary N) is 1. The number of pyridine rings is 1. The van der Waals surface area contributed by atoms with E-state index in [4.69, 9.17) is 0 Å². The van der Waals surface area contributed by atoms with Gasteiger partial charge in [0.1, 0.15) is 5.82 Å². The Kier molecular flexibility index (Phi) is 6.03. The molecule has 21 heavy (non-hydrogen) atoms. The van der Waals surface area contributed by atoms with E-state index in [0.29, 0.717) is 24.8 Å². The molecule has 1 N–H and O–H groups in total. The van der Waals surface area contributed by atoms with Crippen LogP contribution in [-0.4, -0.2) is 28.9 Å². The van der Waals surface area contributed by atoms with E-state index < -0.39 is 0 Å². The highest BCUT2D eigenvalue weighted by molar-refractivity contribution is 5.76. The lowest BCUT2D eigenvalue weighted by Crippen LogP contribution is -2.30. The zero-order valence-electron chi connectivity index (χ0n) is 13.3. The molecule has 2 heterocycles. The second kappa shape index (κ2) is 8.01. The van der Waals surface area contributed by atoms with Crippen molar-refractivity contribution in [3.05, 3.63) is 23.9 Å². The minimum absolute atomic E-state index is 0.292. The first-order chi connectivity index (χ1) is 10.2. The normalized spacial score (nSPS) is 19.4. The molecule has 1 aliphatic rings. The van der Waals surface area contributed by atoms with Gasteiger partial charge in [0.2, 0.25) is 5.91 Å². The molecule has 116 valence electrons. The maximum Gasteiger partial charge on any atom is 0.222 e. The van der Waals surface area contributed by atoms with Crippen molar-refractivity contribution >= 4 is 11.7 Å². The largest absolute Gasteiger partial charge is 0.370 e. The number of hydrogen-bond donors (Lipinski definition) is 1. The zero-order chi connectivity index (χ0) is 15.1. The molecule has 1 aliphatic heterocycles. The maximum absolute atomic E-state index is 12.3. The molecule has 1 aromatic heterocycles. The molecule has 4 nitrogen and oxygen atoms in total. The number of likely N-dealkylation sites (tertiary alicyclic amines) is 1. The average Bonchev–Trinajstić information content (AvgIpc) is 2.66. The minimum Gasteiger partial charge on any atom is -0.370 e. The number of carbonyl (C=O) groups is 1. The van der Waals surface area contributed by atoms with E-state index in [1.807, 2.05) is 11.0 Å². The molecule has 1 atom stereocenters. The molecule has 1 amide bonds. The summed E-state index contributed by atoms with van der Waals surface area (Å²) < 4.78 is 0. The maximum atomic E-state index is 12.3. The number of hydrogen-bond acceptors (Lipinski definition) is 3. The van der Waals surface area contributed by atoms with Gasteiger partial charge < -0.3 is 10.2 Å². The van der Waals surface area contributed by atoms with E-state index in [0.717, 1.165) is 37.3 Å². The summed E-state index contributed by atoms with van der Waals surface area (Å²) in [5.41, 5.74) is 1.11. The van der Waals surface area contributed by atoms with Crippen molar-refractivity contribution in [2.75, 3.05) is 18.4 Å². The van der Waals surface area contributed by atoms with Crippen LogP contribution in [0.5, 0.6) is 0 Å².